The van der Waals surface area contributed by atoms with Gasteiger partial charge in [-0.05, 0) is 31.2 Å². The molecular formula is C19H17FN2O3. The van der Waals surface area contributed by atoms with Crippen molar-refractivity contribution in [3.05, 3.63) is 83.7 Å². The minimum atomic E-state index is -1.12. The fourth-order valence-electron chi connectivity index (χ4n) is 2.77. The molecule has 1 atom stereocenters. The van der Waals surface area contributed by atoms with Crippen LogP contribution in [0.25, 0.3) is 0 Å². The molecule has 0 aliphatic carbocycles. The van der Waals surface area contributed by atoms with E-state index >= 15 is 0 Å². The predicted octanol–water partition coefficient (Wildman–Crippen LogP) is 3.91. The molecule has 3 aromatic rings. The number of carboxylic acids is 1. The molecule has 0 aliphatic heterocycles. The smallest absolute Gasteiger partial charge is 0.336 e. The Morgan fingerprint density at radius 3 is 2.68 bits per heavy atom. The molecule has 5 nitrogen and oxygen atoms in total. The molecule has 2 aromatic carbocycles. The van der Waals surface area contributed by atoms with Gasteiger partial charge >= 0.3 is 5.97 Å². The van der Waals surface area contributed by atoms with Crippen LogP contribution in [0.3, 0.4) is 0 Å². The lowest BCUT2D eigenvalue weighted by atomic mass is 9.96. The maximum absolute atomic E-state index is 14.5. The quantitative estimate of drug-likeness (QED) is 0.739. The highest BCUT2D eigenvalue weighted by Gasteiger charge is 2.24. The molecule has 6 heteroatoms. The van der Waals surface area contributed by atoms with Crippen LogP contribution >= 0.6 is 0 Å². The summed E-state index contributed by atoms with van der Waals surface area (Å²) in [6.45, 7) is 1.89. The molecule has 1 N–H and O–H groups in total. The van der Waals surface area contributed by atoms with E-state index < -0.39 is 17.9 Å². The molecule has 0 fully saturated rings. The van der Waals surface area contributed by atoms with Gasteiger partial charge in [0.25, 0.3) is 0 Å². The summed E-state index contributed by atoms with van der Waals surface area (Å²) in [6.07, 6.45) is 4.20. The van der Waals surface area contributed by atoms with E-state index in [1.165, 1.54) is 12.1 Å². The topological polar surface area (TPSA) is 64.3 Å². The average molecular weight is 340 g/mol. The summed E-state index contributed by atoms with van der Waals surface area (Å²) in [5.74, 6) is -1.01. The lowest BCUT2D eigenvalue weighted by Crippen LogP contribution is -2.16. The summed E-state index contributed by atoms with van der Waals surface area (Å²) in [5.41, 5.74) is 0.631. The summed E-state index contributed by atoms with van der Waals surface area (Å²) in [7, 11) is 0. The van der Waals surface area contributed by atoms with Crippen LogP contribution < -0.4 is 4.74 Å². The number of aromatic nitrogens is 2. The van der Waals surface area contributed by atoms with E-state index in [2.05, 4.69) is 4.98 Å². The van der Waals surface area contributed by atoms with E-state index in [1.807, 2.05) is 18.2 Å². The van der Waals surface area contributed by atoms with Gasteiger partial charge < -0.3 is 14.4 Å². The van der Waals surface area contributed by atoms with Crippen LogP contribution in [-0.4, -0.2) is 20.6 Å². The molecule has 128 valence electrons. The van der Waals surface area contributed by atoms with E-state index in [1.54, 1.807) is 42.3 Å². The molecule has 0 spiro atoms. The first kappa shape index (κ1) is 16.7. The zero-order valence-corrected chi connectivity index (χ0v) is 13.6. The second-order valence-electron chi connectivity index (χ2n) is 5.60. The Kier molecular flexibility index (Phi) is 4.79. The maximum Gasteiger partial charge on any atom is 0.336 e. The highest BCUT2D eigenvalue weighted by molar-refractivity contribution is 5.90. The monoisotopic (exact) mass is 340 g/mol. The van der Waals surface area contributed by atoms with Crippen LogP contribution in [0.4, 0.5) is 4.39 Å². The molecule has 1 aromatic heterocycles. The number of rotatable bonds is 6. The van der Waals surface area contributed by atoms with Crippen molar-refractivity contribution in [2.75, 3.05) is 0 Å². The first-order valence-electron chi connectivity index (χ1n) is 7.78. The number of halogens is 1. The van der Waals surface area contributed by atoms with Gasteiger partial charge in [-0.15, -0.1) is 0 Å². The number of imidazole rings is 1. The van der Waals surface area contributed by atoms with Gasteiger partial charge in [-0.1, -0.05) is 18.2 Å². The Balaban J connectivity index is 2.04. The van der Waals surface area contributed by atoms with Crippen LogP contribution in [0.15, 0.2) is 61.2 Å². The van der Waals surface area contributed by atoms with Gasteiger partial charge in [-0.2, -0.15) is 0 Å². The van der Waals surface area contributed by atoms with E-state index in [0.717, 1.165) is 0 Å². The third kappa shape index (κ3) is 3.68. The molecule has 0 radical (unpaired) electrons. The fourth-order valence-corrected chi connectivity index (χ4v) is 2.77. The molecule has 25 heavy (non-hydrogen) atoms. The summed E-state index contributed by atoms with van der Waals surface area (Å²) >= 11 is 0. The number of aromatic carboxylic acids is 1. The van der Waals surface area contributed by atoms with Crippen molar-refractivity contribution in [2.45, 2.75) is 19.6 Å². The van der Waals surface area contributed by atoms with Crippen molar-refractivity contribution in [2.24, 2.45) is 0 Å². The highest BCUT2D eigenvalue weighted by Crippen LogP contribution is 2.30. The standard InChI is InChI=1S/C19H17FN2O3/c1-13(25-14-5-3-2-4-6-14)18-15(19(23)24)7-8-17(20)16(18)11-22-10-9-21-12-22/h2-10,12-13H,11H2,1H3,(H,23,24). The van der Waals surface area contributed by atoms with Crippen LogP contribution in [-0.2, 0) is 6.54 Å². The van der Waals surface area contributed by atoms with Crippen molar-refractivity contribution < 1.29 is 19.0 Å². The number of carboxylic acid groups (broad SMARTS) is 1. The second-order valence-corrected chi connectivity index (χ2v) is 5.60. The number of para-hydroxylation sites is 1. The average Bonchev–Trinajstić information content (AvgIpc) is 3.10. The van der Waals surface area contributed by atoms with E-state index in [0.29, 0.717) is 11.3 Å². The third-order valence-electron chi connectivity index (χ3n) is 3.89. The van der Waals surface area contributed by atoms with Gasteiger partial charge in [0.15, 0.2) is 0 Å². The minimum absolute atomic E-state index is 0.0277. The molecule has 0 amide bonds. The number of ether oxygens (including phenoxy) is 1. The van der Waals surface area contributed by atoms with Crippen molar-refractivity contribution in [1.82, 2.24) is 9.55 Å². The summed E-state index contributed by atoms with van der Waals surface area (Å²) in [5, 5.41) is 9.52. The van der Waals surface area contributed by atoms with Crippen molar-refractivity contribution in [1.29, 1.82) is 0 Å². The molecule has 1 unspecified atom stereocenters. The van der Waals surface area contributed by atoms with Gasteiger partial charge in [0.05, 0.1) is 18.4 Å². The lowest BCUT2D eigenvalue weighted by molar-refractivity contribution is 0.0691. The Morgan fingerprint density at radius 2 is 2.04 bits per heavy atom. The number of nitrogens with zero attached hydrogens (tertiary/aromatic N) is 2. The minimum Gasteiger partial charge on any atom is -0.486 e. The van der Waals surface area contributed by atoms with Crippen molar-refractivity contribution in [3.8, 4) is 5.75 Å². The number of hydrogen-bond donors (Lipinski definition) is 1. The second kappa shape index (κ2) is 7.17. The predicted molar refractivity (Wildman–Crippen MR) is 90.2 cm³/mol. The Hall–Kier alpha value is -3.15. The number of benzene rings is 2. The van der Waals surface area contributed by atoms with Gasteiger partial charge in [-0.3, -0.25) is 0 Å². The van der Waals surface area contributed by atoms with Crippen molar-refractivity contribution >= 4 is 5.97 Å². The van der Waals surface area contributed by atoms with Gasteiger partial charge in [0.2, 0.25) is 0 Å². The molecule has 0 saturated heterocycles. The number of hydrogen-bond acceptors (Lipinski definition) is 3. The van der Waals surface area contributed by atoms with Crippen LogP contribution in [0.1, 0.15) is 34.5 Å². The SMILES string of the molecule is CC(Oc1ccccc1)c1c(C(=O)O)ccc(F)c1Cn1ccnc1. The van der Waals surface area contributed by atoms with Crippen molar-refractivity contribution in [3.63, 3.8) is 0 Å². The fraction of sp³-hybridized carbons (Fsp3) is 0.158. The zero-order valence-electron chi connectivity index (χ0n) is 13.6. The van der Waals surface area contributed by atoms with E-state index in [4.69, 9.17) is 4.74 Å². The van der Waals surface area contributed by atoms with Gasteiger partial charge in [-0.25, -0.2) is 14.2 Å². The van der Waals surface area contributed by atoms with Crippen LogP contribution in [0, 0.1) is 5.82 Å². The summed E-state index contributed by atoms with van der Waals surface area (Å²) in [4.78, 5) is 15.6. The highest BCUT2D eigenvalue weighted by atomic mass is 19.1. The van der Waals surface area contributed by atoms with E-state index in [9.17, 15) is 14.3 Å². The molecule has 1 heterocycles. The normalized spacial score (nSPS) is 11.9. The molecule has 0 saturated carbocycles. The Bertz CT molecular complexity index is 864. The van der Waals surface area contributed by atoms with E-state index in [-0.39, 0.29) is 17.7 Å². The summed E-state index contributed by atoms with van der Waals surface area (Å²) < 4.78 is 22.0. The van der Waals surface area contributed by atoms with Crippen LogP contribution in [0.5, 0.6) is 5.75 Å². The third-order valence-corrected chi connectivity index (χ3v) is 3.89. The van der Waals surface area contributed by atoms with Gasteiger partial charge in [0.1, 0.15) is 17.7 Å². The maximum atomic E-state index is 14.5. The molecule has 0 aliphatic rings. The lowest BCUT2D eigenvalue weighted by Gasteiger charge is -2.21. The molecule has 3 rings (SSSR count). The van der Waals surface area contributed by atoms with Gasteiger partial charge in [0, 0.05) is 23.5 Å². The number of carbonyl (C=O) groups is 1. The largest absolute Gasteiger partial charge is 0.486 e. The molecular weight excluding hydrogens is 323 g/mol. The zero-order chi connectivity index (χ0) is 17.8. The first-order chi connectivity index (χ1) is 12.1. The summed E-state index contributed by atoms with van der Waals surface area (Å²) in [6, 6.07) is 11.5. The first-order valence-corrected chi connectivity index (χ1v) is 7.78. The Labute approximate surface area is 144 Å². The molecule has 0 bridgehead atoms. The van der Waals surface area contributed by atoms with Crippen LogP contribution in [0.2, 0.25) is 0 Å². The Morgan fingerprint density at radius 1 is 1.28 bits per heavy atom.